The molecule has 0 bridgehead atoms. The number of halogens is 1. The second-order valence-electron chi connectivity index (χ2n) is 3.66. The maximum atomic E-state index is 12.3. The van der Waals surface area contributed by atoms with Crippen LogP contribution in [0.3, 0.4) is 0 Å². The third kappa shape index (κ3) is 2.51. The van der Waals surface area contributed by atoms with Crippen molar-refractivity contribution in [1.29, 1.82) is 0 Å². The van der Waals surface area contributed by atoms with E-state index in [1.807, 2.05) is 0 Å². The lowest BCUT2D eigenvalue weighted by molar-refractivity contribution is 0.103. The van der Waals surface area contributed by atoms with E-state index >= 15 is 0 Å². The summed E-state index contributed by atoms with van der Waals surface area (Å²) in [5.41, 5.74) is 6.97. The third-order valence-electron chi connectivity index (χ3n) is 2.39. The first-order valence-corrected chi connectivity index (χ1v) is 6.01. The Kier molecular flexibility index (Phi) is 3.62. The highest BCUT2D eigenvalue weighted by molar-refractivity contribution is 9.10. The van der Waals surface area contributed by atoms with Crippen LogP contribution in [0.5, 0.6) is 5.75 Å². The monoisotopic (exact) mass is 306 g/mol. The Labute approximate surface area is 113 Å². The van der Waals surface area contributed by atoms with Gasteiger partial charge in [0.15, 0.2) is 5.69 Å². The largest absolute Gasteiger partial charge is 0.494 e. The number of carbonyl (C=O) groups excluding carboxylic acids is 1. The third-order valence-corrected chi connectivity index (χ3v) is 2.85. The molecule has 2 N–H and O–H groups in total. The molecule has 0 spiro atoms. The fraction of sp³-hybridized carbons (Fsp3) is 0.0769. The van der Waals surface area contributed by atoms with E-state index in [-0.39, 0.29) is 11.5 Å². The molecule has 5 heteroatoms. The Bertz CT molecular complexity index is 579. The van der Waals surface area contributed by atoms with Gasteiger partial charge in [0, 0.05) is 21.9 Å². The normalized spacial score (nSPS) is 10.1. The zero-order valence-corrected chi connectivity index (χ0v) is 11.3. The van der Waals surface area contributed by atoms with Gasteiger partial charge in [-0.15, -0.1) is 0 Å². The molecule has 1 heterocycles. The van der Waals surface area contributed by atoms with Crippen LogP contribution in [0.1, 0.15) is 16.1 Å². The van der Waals surface area contributed by atoms with Crippen LogP contribution in [0.2, 0.25) is 0 Å². The SMILES string of the molecule is COc1cccnc1C(=O)c1cc(N)cc(Br)c1. The summed E-state index contributed by atoms with van der Waals surface area (Å²) in [6.45, 7) is 0. The number of nitrogens with zero attached hydrogens (tertiary/aromatic N) is 1. The van der Waals surface area contributed by atoms with Crippen LogP contribution in [0.4, 0.5) is 5.69 Å². The molecule has 0 radical (unpaired) electrons. The van der Waals surface area contributed by atoms with Crippen LogP contribution in [0.25, 0.3) is 0 Å². The zero-order valence-electron chi connectivity index (χ0n) is 9.68. The number of rotatable bonds is 3. The van der Waals surface area contributed by atoms with E-state index in [1.165, 1.54) is 7.11 Å². The highest BCUT2D eigenvalue weighted by Crippen LogP contribution is 2.23. The van der Waals surface area contributed by atoms with Crippen molar-refractivity contribution in [2.24, 2.45) is 0 Å². The molecule has 18 heavy (non-hydrogen) atoms. The van der Waals surface area contributed by atoms with E-state index in [1.54, 1.807) is 36.5 Å². The van der Waals surface area contributed by atoms with Crippen LogP contribution < -0.4 is 10.5 Å². The van der Waals surface area contributed by atoms with Gasteiger partial charge < -0.3 is 10.5 Å². The van der Waals surface area contributed by atoms with Gasteiger partial charge in [-0.05, 0) is 30.3 Å². The number of benzene rings is 1. The minimum atomic E-state index is -0.222. The molecule has 4 nitrogen and oxygen atoms in total. The van der Waals surface area contributed by atoms with Crippen molar-refractivity contribution in [3.8, 4) is 5.75 Å². The lowest BCUT2D eigenvalue weighted by Crippen LogP contribution is -2.07. The van der Waals surface area contributed by atoms with E-state index in [4.69, 9.17) is 10.5 Å². The van der Waals surface area contributed by atoms with Gasteiger partial charge in [0.2, 0.25) is 5.78 Å². The molecular weight excluding hydrogens is 296 g/mol. The highest BCUT2D eigenvalue weighted by Gasteiger charge is 2.16. The molecule has 0 saturated carbocycles. The summed E-state index contributed by atoms with van der Waals surface area (Å²) < 4.78 is 5.87. The van der Waals surface area contributed by atoms with Crippen molar-refractivity contribution >= 4 is 27.4 Å². The summed E-state index contributed by atoms with van der Waals surface area (Å²) in [7, 11) is 1.50. The molecule has 0 unspecified atom stereocenters. The maximum absolute atomic E-state index is 12.3. The van der Waals surface area contributed by atoms with Crippen LogP contribution in [0.15, 0.2) is 41.0 Å². The molecule has 1 aromatic heterocycles. The first-order chi connectivity index (χ1) is 8.61. The maximum Gasteiger partial charge on any atom is 0.215 e. The van der Waals surface area contributed by atoms with Gasteiger partial charge in [-0.3, -0.25) is 4.79 Å². The van der Waals surface area contributed by atoms with Crippen LogP contribution in [-0.2, 0) is 0 Å². The smallest absolute Gasteiger partial charge is 0.215 e. The Morgan fingerprint density at radius 1 is 1.39 bits per heavy atom. The second-order valence-corrected chi connectivity index (χ2v) is 4.57. The number of pyridine rings is 1. The molecule has 0 atom stereocenters. The highest BCUT2D eigenvalue weighted by atomic mass is 79.9. The molecule has 1 aromatic carbocycles. The van der Waals surface area contributed by atoms with Crippen LogP contribution >= 0.6 is 15.9 Å². The van der Waals surface area contributed by atoms with Crippen molar-refractivity contribution < 1.29 is 9.53 Å². The molecule has 0 saturated heterocycles. The lowest BCUT2D eigenvalue weighted by atomic mass is 10.1. The number of hydrogen-bond donors (Lipinski definition) is 1. The number of hydrogen-bond acceptors (Lipinski definition) is 4. The Morgan fingerprint density at radius 3 is 2.83 bits per heavy atom. The molecular formula is C13H11BrN2O2. The predicted octanol–water partition coefficient (Wildman–Crippen LogP) is 2.67. The Morgan fingerprint density at radius 2 is 2.17 bits per heavy atom. The van der Waals surface area contributed by atoms with E-state index in [2.05, 4.69) is 20.9 Å². The summed E-state index contributed by atoms with van der Waals surface area (Å²) in [6, 6.07) is 8.45. The van der Waals surface area contributed by atoms with Gasteiger partial charge in [0.25, 0.3) is 0 Å². The number of nitrogen functional groups attached to an aromatic ring is 1. The van der Waals surface area contributed by atoms with Gasteiger partial charge in [-0.2, -0.15) is 0 Å². The average molecular weight is 307 g/mol. The minimum Gasteiger partial charge on any atom is -0.494 e. The van der Waals surface area contributed by atoms with Crippen molar-refractivity contribution in [2.75, 3.05) is 12.8 Å². The van der Waals surface area contributed by atoms with E-state index in [9.17, 15) is 4.79 Å². The first kappa shape index (κ1) is 12.6. The Balaban J connectivity index is 2.47. The molecule has 2 rings (SSSR count). The average Bonchev–Trinajstić information content (AvgIpc) is 2.36. The zero-order chi connectivity index (χ0) is 13.1. The number of nitrogens with two attached hydrogens (primary N) is 1. The van der Waals surface area contributed by atoms with Gasteiger partial charge in [0.05, 0.1) is 7.11 Å². The van der Waals surface area contributed by atoms with Crippen molar-refractivity contribution in [2.45, 2.75) is 0 Å². The summed E-state index contributed by atoms with van der Waals surface area (Å²) >= 11 is 3.31. The van der Waals surface area contributed by atoms with Gasteiger partial charge in [-0.1, -0.05) is 15.9 Å². The Hall–Kier alpha value is -1.88. The quantitative estimate of drug-likeness (QED) is 0.699. The second kappa shape index (κ2) is 5.18. The van der Waals surface area contributed by atoms with Crippen LogP contribution in [-0.4, -0.2) is 17.9 Å². The van der Waals surface area contributed by atoms with E-state index < -0.39 is 0 Å². The molecule has 2 aromatic rings. The van der Waals surface area contributed by atoms with Crippen molar-refractivity contribution in [3.05, 3.63) is 52.3 Å². The molecule has 0 amide bonds. The van der Waals surface area contributed by atoms with Crippen molar-refractivity contribution in [3.63, 3.8) is 0 Å². The van der Waals surface area contributed by atoms with Gasteiger partial charge in [-0.25, -0.2) is 4.98 Å². The van der Waals surface area contributed by atoms with Crippen LogP contribution in [0, 0.1) is 0 Å². The van der Waals surface area contributed by atoms with Gasteiger partial charge in [0.1, 0.15) is 5.75 Å². The van der Waals surface area contributed by atoms with E-state index in [0.717, 1.165) is 4.47 Å². The van der Waals surface area contributed by atoms with Crippen molar-refractivity contribution in [1.82, 2.24) is 4.98 Å². The summed E-state index contributed by atoms with van der Waals surface area (Å²) in [6.07, 6.45) is 1.55. The van der Waals surface area contributed by atoms with E-state index in [0.29, 0.717) is 17.0 Å². The molecule has 0 aliphatic rings. The lowest BCUT2D eigenvalue weighted by Gasteiger charge is -2.07. The fourth-order valence-corrected chi connectivity index (χ4v) is 2.12. The fourth-order valence-electron chi connectivity index (χ4n) is 1.61. The number of aromatic nitrogens is 1. The number of ketones is 1. The minimum absolute atomic E-state index is 0.222. The summed E-state index contributed by atoms with van der Waals surface area (Å²) in [5, 5.41) is 0. The number of carbonyl (C=O) groups is 1. The standard InChI is InChI=1S/C13H11BrN2O2/c1-18-11-3-2-4-16-12(11)13(17)8-5-9(14)7-10(15)6-8/h2-7H,15H2,1H3. The number of ether oxygens (including phenoxy) is 1. The van der Waals surface area contributed by atoms with Gasteiger partial charge >= 0.3 is 0 Å². The number of methoxy groups -OCH3 is 1. The number of anilines is 1. The molecule has 92 valence electrons. The first-order valence-electron chi connectivity index (χ1n) is 5.21. The molecule has 0 aliphatic heterocycles. The summed E-state index contributed by atoms with van der Waals surface area (Å²) in [4.78, 5) is 16.4. The summed E-state index contributed by atoms with van der Waals surface area (Å²) in [5.74, 6) is 0.224. The molecule has 0 aliphatic carbocycles. The molecule has 0 fully saturated rings. The topological polar surface area (TPSA) is 65.2 Å². The predicted molar refractivity (Wildman–Crippen MR) is 72.8 cm³/mol.